The zero-order valence-electron chi connectivity index (χ0n) is 18.7. The van der Waals surface area contributed by atoms with E-state index in [0.717, 1.165) is 19.6 Å². The van der Waals surface area contributed by atoms with E-state index < -0.39 is 17.9 Å². The third-order valence-corrected chi connectivity index (χ3v) is 6.09. The Morgan fingerprint density at radius 2 is 1.77 bits per heavy atom. The SMILES string of the molecule is COc1cc(/C=C2/NC(=O)N(Cc3ccccc3)C2=O)cc(I)c1OCc1ccc(C(=O)O)cc1. The molecule has 1 aliphatic rings. The summed E-state index contributed by atoms with van der Waals surface area (Å²) in [5.74, 6) is -0.412. The zero-order valence-corrected chi connectivity index (χ0v) is 20.8. The van der Waals surface area contributed by atoms with Crippen molar-refractivity contribution in [1.29, 1.82) is 0 Å². The number of carboxylic acids is 1. The normalized spacial score (nSPS) is 14.2. The van der Waals surface area contributed by atoms with E-state index in [9.17, 15) is 14.4 Å². The molecule has 3 aromatic rings. The lowest BCUT2D eigenvalue weighted by atomic mass is 10.1. The first-order valence-electron chi connectivity index (χ1n) is 10.6. The summed E-state index contributed by atoms with van der Waals surface area (Å²) in [6.45, 7) is 0.402. The molecule has 0 atom stereocenters. The third kappa shape index (κ3) is 5.62. The van der Waals surface area contributed by atoms with Crippen LogP contribution in [0.2, 0.25) is 0 Å². The number of hydrogen-bond donors (Lipinski definition) is 2. The van der Waals surface area contributed by atoms with E-state index >= 15 is 0 Å². The van der Waals surface area contributed by atoms with Gasteiger partial charge in [-0.3, -0.25) is 9.69 Å². The van der Waals surface area contributed by atoms with E-state index in [1.54, 1.807) is 24.3 Å². The summed E-state index contributed by atoms with van der Waals surface area (Å²) in [7, 11) is 1.51. The molecule has 0 saturated carbocycles. The van der Waals surface area contributed by atoms with Crippen molar-refractivity contribution in [2.24, 2.45) is 0 Å². The summed E-state index contributed by atoms with van der Waals surface area (Å²) in [4.78, 5) is 37.4. The lowest BCUT2D eigenvalue weighted by Gasteiger charge is -2.14. The van der Waals surface area contributed by atoms with Gasteiger partial charge in [0.2, 0.25) is 0 Å². The van der Waals surface area contributed by atoms with Gasteiger partial charge in [-0.25, -0.2) is 9.59 Å². The molecule has 178 valence electrons. The molecular formula is C26H21IN2O6. The van der Waals surface area contributed by atoms with Crippen LogP contribution in [-0.4, -0.2) is 35.0 Å². The van der Waals surface area contributed by atoms with Crippen LogP contribution >= 0.6 is 22.6 Å². The fraction of sp³-hybridized carbons (Fsp3) is 0.115. The maximum absolute atomic E-state index is 12.8. The molecule has 3 aromatic carbocycles. The highest BCUT2D eigenvalue weighted by Crippen LogP contribution is 2.35. The number of ether oxygens (including phenoxy) is 2. The van der Waals surface area contributed by atoms with Crippen molar-refractivity contribution in [3.63, 3.8) is 0 Å². The van der Waals surface area contributed by atoms with Gasteiger partial charge in [0.25, 0.3) is 5.91 Å². The minimum atomic E-state index is -0.987. The molecule has 1 aliphatic heterocycles. The van der Waals surface area contributed by atoms with Gasteiger partial charge in [0, 0.05) is 0 Å². The van der Waals surface area contributed by atoms with Crippen LogP contribution in [0.15, 0.2) is 72.4 Å². The predicted molar refractivity (Wildman–Crippen MR) is 137 cm³/mol. The maximum atomic E-state index is 12.8. The summed E-state index contributed by atoms with van der Waals surface area (Å²) in [5, 5.41) is 11.7. The first kappa shape index (κ1) is 24.3. The lowest BCUT2D eigenvalue weighted by molar-refractivity contribution is -0.123. The van der Waals surface area contributed by atoms with Gasteiger partial charge in [0.15, 0.2) is 11.5 Å². The minimum Gasteiger partial charge on any atom is -0.493 e. The van der Waals surface area contributed by atoms with Crippen LogP contribution in [-0.2, 0) is 17.9 Å². The Hall–Kier alpha value is -3.86. The molecular weight excluding hydrogens is 563 g/mol. The Balaban J connectivity index is 1.51. The van der Waals surface area contributed by atoms with E-state index in [-0.39, 0.29) is 24.4 Å². The molecule has 9 heteroatoms. The van der Waals surface area contributed by atoms with Crippen molar-refractivity contribution in [1.82, 2.24) is 10.2 Å². The molecule has 1 saturated heterocycles. The van der Waals surface area contributed by atoms with Gasteiger partial charge in [-0.1, -0.05) is 42.5 Å². The summed E-state index contributed by atoms with van der Waals surface area (Å²) < 4.78 is 12.2. The standard InChI is InChI=1S/C26H21IN2O6/c1-34-22-13-18(11-20(27)23(22)35-15-17-7-9-19(10-8-17)25(31)32)12-21-24(30)29(26(33)28-21)14-16-5-3-2-4-6-16/h2-13H,14-15H2,1H3,(H,28,33)(H,31,32)/b21-12+. The number of hydrogen-bond acceptors (Lipinski definition) is 5. The molecule has 0 unspecified atom stereocenters. The second kappa shape index (κ2) is 10.6. The number of aromatic carboxylic acids is 1. The predicted octanol–water partition coefficient (Wildman–Crippen LogP) is 4.67. The number of imide groups is 1. The molecule has 35 heavy (non-hydrogen) atoms. The van der Waals surface area contributed by atoms with Gasteiger partial charge in [0.05, 0.1) is 22.8 Å². The number of carbonyl (C=O) groups excluding carboxylic acids is 2. The van der Waals surface area contributed by atoms with Gasteiger partial charge in [-0.2, -0.15) is 0 Å². The van der Waals surface area contributed by atoms with E-state index in [1.165, 1.54) is 19.2 Å². The molecule has 0 bridgehead atoms. The van der Waals surface area contributed by atoms with Crippen LogP contribution in [0.25, 0.3) is 6.08 Å². The van der Waals surface area contributed by atoms with Gasteiger partial charge in [-0.15, -0.1) is 0 Å². The molecule has 0 aromatic heterocycles. The molecule has 8 nitrogen and oxygen atoms in total. The van der Waals surface area contributed by atoms with Crippen molar-refractivity contribution in [2.45, 2.75) is 13.2 Å². The molecule has 4 rings (SSSR count). The number of carboxylic acid groups (broad SMARTS) is 1. The number of rotatable bonds is 8. The molecule has 1 heterocycles. The summed E-state index contributed by atoms with van der Waals surface area (Å²) in [6.07, 6.45) is 1.60. The van der Waals surface area contributed by atoms with E-state index in [1.807, 2.05) is 36.4 Å². The summed E-state index contributed by atoms with van der Waals surface area (Å²) in [5.41, 5.74) is 2.70. The van der Waals surface area contributed by atoms with Crippen molar-refractivity contribution in [2.75, 3.05) is 7.11 Å². The first-order chi connectivity index (χ1) is 16.9. The minimum absolute atomic E-state index is 0.177. The number of halogens is 1. The zero-order chi connectivity index (χ0) is 24.9. The highest BCUT2D eigenvalue weighted by Gasteiger charge is 2.33. The fourth-order valence-corrected chi connectivity index (χ4v) is 4.29. The number of methoxy groups -OCH3 is 1. The van der Waals surface area contributed by atoms with Gasteiger partial charge in [-0.05, 0) is 69.6 Å². The average Bonchev–Trinajstić information content (AvgIpc) is 3.11. The van der Waals surface area contributed by atoms with Crippen molar-refractivity contribution >= 4 is 46.6 Å². The highest BCUT2D eigenvalue weighted by molar-refractivity contribution is 14.1. The molecule has 3 amide bonds. The van der Waals surface area contributed by atoms with Crippen LogP contribution in [0.5, 0.6) is 11.5 Å². The Kier molecular flexibility index (Phi) is 7.35. The van der Waals surface area contributed by atoms with Crippen molar-refractivity contribution in [3.8, 4) is 11.5 Å². The number of benzene rings is 3. The molecule has 0 aliphatic carbocycles. The first-order valence-corrected chi connectivity index (χ1v) is 11.6. The third-order valence-electron chi connectivity index (χ3n) is 5.29. The smallest absolute Gasteiger partial charge is 0.335 e. The van der Waals surface area contributed by atoms with Crippen LogP contribution in [0.3, 0.4) is 0 Å². The van der Waals surface area contributed by atoms with Crippen LogP contribution in [0.1, 0.15) is 27.0 Å². The van der Waals surface area contributed by atoms with Gasteiger partial charge >= 0.3 is 12.0 Å². The van der Waals surface area contributed by atoms with Gasteiger partial charge < -0.3 is 19.9 Å². The highest BCUT2D eigenvalue weighted by atomic mass is 127. The van der Waals surface area contributed by atoms with Crippen molar-refractivity contribution < 1.29 is 29.0 Å². The quantitative estimate of drug-likeness (QED) is 0.227. The Morgan fingerprint density at radius 1 is 1.06 bits per heavy atom. The lowest BCUT2D eigenvalue weighted by Crippen LogP contribution is -2.30. The number of nitrogens with one attached hydrogen (secondary N) is 1. The average molecular weight is 584 g/mol. The largest absolute Gasteiger partial charge is 0.493 e. The second-order valence-electron chi connectivity index (χ2n) is 7.69. The Bertz CT molecular complexity index is 1310. The monoisotopic (exact) mass is 584 g/mol. The number of amides is 3. The maximum Gasteiger partial charge on any atom is 0.335 e. The number of carbonyl (C=O) groups is 3. The molecule has 0 radical (unpaired) electrons. The molecule has 2 N–H and O–H groups in total. The van der Waals surface area contributed by atoms with Crippen LogP contribution < -0.4 is 14.8 Å². The Labute approximate surface area is 215 Å². The van der Waals surface area contributed by atoms with Crippen molar-refractivity contribution in [3.05, 3.63) is 98.3 Å². The Morgan fingerprint density at radius 3 is 2.43 bits per heavy atom. The van der Waals surface area contributed by atoms with Crippen LogP contribution in [0, 0.1) is 3.57 Å². The molecule has 0 spiro atoms. The second-order valence-corrected chi connectivity index (χ2v) is 8.85. The fourth-order valence-electron chi connectivity index (χ4n) is 3.51. The van der Waals surface area contributed by atoms with E-state index in [2.05, 4.69) is 27.9 Å². The number of urea groups is 1. The topological polar surface area (TPSA) is 105 Å². The van der Waals surface area contributed by atoms with Crippen LogP contribution in [0.4, 0.5) is 4.79 Å². The van der Waals surface area contributed by atoms with Gasteiger partial charge in [0.1, 0.15) is 12.3 Å². The van der Waals surface area contributed by atoms with E-state index in [0.29, 0.717) is 17.1 Å². The summed E-state index contributed by atoms with van der Waals surface area (Å²) in [6, 6.07) is 18.8. The number of nitrogens with zero attached hydrogens (tertiary/aromatic N) is 1. The summed E-state index contributed by atoms with van der Waals surface area (Å²) >= 11 is 2.11. The van der Waals surface area contributed by atoms with E-state index in [4.69, 9.17) is 14.6 Å². The molecule has 1 fully saturated rings.